The van der Waals surface area contributed by atoms with Gasteiger partial charge in [0, 0.05) is 48.6 Å². The van der Waals surface area contributed by atoms with E-state index < -0.39 is 0 Å². The Bertz CT molecular complexity index is 415. The van der Waals surface area contributed by atoms with E-state index >= 15 is 0 Å². The molecule has 3 aliphatic rings. The first-order valence-electron chi connectivity index (χ1n) is 7.21. The molecule has 0 saturated carbocycles. The molecule has 1 aromatic heterocycles. The molecule has 5 heteroatoms. The van der Waals surface area contributed by atoms with Crippen molar-refractivity contribution in [2.75, 3.05) is 39.3 Å². The van der Waals surface area contributed by atoms with Crippen LogP contribution in [0.4, 0.5) is 0 Å². The van der Waals surface area contributed by atoms with Gasteiger partial charge in [-0.3, -0.25) is 9.80 Å². The van der Waals surface area contributed by atoms with Crippen LogP contribution in [0.3, 0.4) is 0 Å². The largest absolute Gasteiger partial charge is 0.309 e. The molecule has 3 fully saturated rings. The summed E-state index contributed by atoms with van der Waals surface area (Å²) in [4.78, 5) is 5.29. The fourth-order valence-corrected chi connectivity index (χ4v) is 4.82. The number of nitrogens with one attached hydrogen (secondary N) is 1. The standard InChI is InChI=1S/C14H22BrN3S/c1-2-3-16-14(11-9-19-10-12(11)15)13-8-17-4-6-18(13)7-5-17/h9-10,13-14,16H,2-8H2,1H3. The van der Waals surface area contributed by atoms with Gasteiger partial charge in [-0.2, -0.15) is 11.3 Å². The lowest BCUT2D eigenvalue weighted by molar-refractivity contribution is -0.00368. The molecule has 2 unspecified atom stereocenters. The monoisotopic (exact) mass is 343 g/mol. The zero-order chi connectivity index (χ0) is 13.2. The van der Waals surface area contributed by atoms with E-state index in [-0.39, 0.29) is 0 Å². The van der Waals surface area contributed by atoms with Crippen molar-refractivity contribution in [3.8, 4) is 0 Å². The van der Waals surface area contributed by atoms with Gasteiger partial charge in [0.15, 0.2) is 0 Å². The first-order chi connectivity index (χ1) is 9.29. The van der Waals surface area contributed by atoms with Gasteiger partial charge < -0.3 is 5.32 Å². The lowest BCUT2D eigenvalue weighted by atomic mass is 9.95. The topological polar surface area (TPSA) is 18.5 Å². The van der Waals surface area contributed by atoms with Crippen molar-refractivity contribution in [2.24, 2.45) is 0 Å². The minimum absolute atomic E-state index is 0.462. The summed E-state index contributed by atoms with van der Waals surface area (Å²) >= 11 is 5.51. The zero-order valence-electron chi connectivity index (χ0n) is 11.4. The summed E-state index contributed by atoms with van der Waals surface area (Å²) < 4.78 is 1.27. The highest BCUT2D eigenvalue weighted by Gasteiger charge is 2.37. The molecule has 3 aliphatic heterocycles. The molecule has 4 heterocycles. The summed E-state index contributed by atoms with van der Waals surface area (Å²) in [6.45, 7) is 9.52. The van der Waals surface area contributed by atoms with Crippen molar-refractivity contribution in [3.05, 3.63) is 20.8 Å². The number of hydrogen-bond acceptors (Lipinski definition) is 4. The molecule has 2 bridgehead atoms. The van der Waals surface area contributed by atoms with Gasteiger partial charge in [0.25, 0.3) is 0 Å². The average Bonchev–Trinajstić information content (AvgIpc) is 2.87. The third-order valence-electron chi connectivity index (χ3n) is 4.30. The van der Waals surface area contributed by atoms with Crippen molar-refractivity contribution in [3.63, 3.8) is 0 Å². The molecule has 0 amide bonds. The van der Waals surface area contributed by atoms with Crippen molar-refractivity contribution in [2.45, 2.75) is 25.4 Å². The van der Waals surface area contributed by atoms with Crippen LogP contribution in [0.15, 0.2) is 15.2 Å². The van der Waals surface area contributed by atoms with Crippen LogP contribution in [0.25, 0.3) is 0 Å². The smallest absolute Gasteiger partial charge is 0.0510 e. The van der Waals surface area contributed by atoms with Crippen molar-refractivity contribution >= 4 is 27.3 Å². The Hall–Kier alpha value is 0.0600. The summed E-state index contributed by atoms with van der Waals surface area (Å²) in [5.41, 5.74) is 1.44. The molecule has 2 atom stereocenters. The first-order valence-corrected chi connectivity index (χ1v) is 8.94. The van der Waals surface area contributed by atoms with E-state index in [1.54, 1.807) is 11.3 Å². The number of rotatable bonds is 5. The van der Waals surface area contributed by atoms with Gasteiger partial charge in [-0.05, 0) is 39.8 Å². The van der Waals surface area contributed by atoms with Crippen LogP contribution in [-0.2, 0) is 0 Å². The summed E-state index contributed by atoms with van der Waals surface area (Å²) in [6, 6.07) is 1.09. The third-order valence-corrected chi connectivity index (χ3v) is 6.05. The number of fused-ring (bicyclic) bond motifs is 3. The van der Waals surface area contributed by atoms with Crippen molar-refractivity contribution < 1.29 is 0 Å². The number of halogens is 1. The SMILES string of the molecule is CCCNC(c1cscc1Br)C1CN2CCN1CC2. The van der Waals surface area contributed by atoms with Crippen molar-refractivity contribution in [1.82, 2.24) is 15.1 Å². The Labute approximate surface area is 128 Å². The first kappa shape index (κ1) is 14.0. The number of nitrogens with zero attached hydrogens (tertiary/aromatic N) is 2. The Balaban J connectivity index is 1.81. The van der Waals surface area contributed by atoms with Gasteiger partial charge in [-0.25, -0.2) is 0 Å². The van der Waals surface area contributed by atoms with E-state index in [0.29, 0.717) is 12.1 Å². The Morgan fingerprint density at radius 3 is 2.68 bits per heavy atom. The fraction of sp³-hybridized carbons (Fsp3) is 0.714. The van der Waals surface area contributed by atoms with Crippen LogP contribution in [-0.4, -0.2) is 55.1 Å². The lowest BCUT2D eigenvalue weighted by Crippen LogP contribution is -2.64. The molecule has 3 nitrogen and oxygen atoms in total. The van der Waals surface area contributed by atoms with Crippen LogP contribution in [0.5, 0.6) is 0 Å². The van der Waals surface area contributed by atoms with Crippen LogP contribution in [0, 0.1) is 0 Å². The molecule has 0 radical (unpaired) electrons. The van der Waals surface area contributed by atoms with E-state index in [2.05, 4.69) is 48.7 Å². The summed E-state index contributed by atoms with van der Waals surface area (Å²) in [7, 11) is 0. The zero-order valence-corrected chi connectivity index (χ0v) is 13.8. The second-order valence-electron chi connectivity index (χ2n) is 5.51. The summed E-state index contributed by atoms with van der Waals surface area (Å²) in [5, 5.41) is 8.28. The molecule has 1 aromatic rings. The van der Waals surface area contributed by atoms with Crippen LogP contribution in [0.1, 0.15) is 24.9 Å². The molecule has 1 N–H and O–H groups in total. The van der Waals surface area contributed by atoms with Gasteiger partial charge in [-0.15, -0.1) is 0 Å². The Morgan fingerprint density at radius 1 is 1.37 bits per heavy atom. The molecule has 3 saturated heterocycles. The molecule has 0 aliphatic carbocycles. The van der Waals surface area contributed by atoms with E-state index in [0.717, 1.165) is 6.54 Å². The molecule has 19 heavy (non-hydrogen) atoms. The minimum Gasteiger partial charge on any atom is -0.309 e. The second-order valence-corrected chi connectivity index (χ2v) is 7.11. The molecule has 106 valence electrons. The lowest BCUT2D eigenvalue weighted by Gasteiger charge is -2.50. The molecule has 4 rings (SSSR count). The maximum atomic E-state index is 3.78. The van der Waals surface area contributed by atoms with E-state index in [1.165, 1.54) is 49.2 Å². The quantitative estimate of drug-likeness (QED) is 0.886. The predicted octanol–water partition coefficient (Wildman–Crippen LogP) is 2.55. The van der Waals surface area contributed by atoms with E-state index in [1.807, 2.05) is 0 Å². The highest BCUT2D eigenvalue weighted by molar-refractivity contribution is 9.10. The number of thiophene rings is 1. The molecular weight excluding hydrogens is 322 g/mol. The summed E-state index contributed by atoms with van der Waals surface area (Å²) in [6.07, 6.45) is 1.19. The van der Waals surface area contributed by atoms with Gasteiger partial charge in [0.2, 0.25) is 0 Å². The molecule has 0 spiro atoms. The number of piperazine rings is 3. The minimum atomic E-state index is 0.462. The second kappa shape index (κ2) is 6.22. The average molecular weight is 344 g/mol. The van der Waals surface area contributed by atoms with Gasteiger partial charge in [0.05, 0.1) is 6.04 Å². The number of hydrogen-bond donors (Lipinski definition) is 1. The fourth-order valence-electron chi connectivity index (χ4n) is 3.24. The highest BCUT2D eigenvalue weighted by Crippen LogP contribution is 2.33. The normalized spacial score (nSPS) is 31.6. The van der Waals surface area contributed by atoms with Crippen LogP contribution >= 0.6 is 27.3 Å². The van der Waals surface area contributed by atoms with Gasteiger partial charge in [-0.1, -0.05) is 6.92 Å². The Morgan fingerprint density at radius 2 is 2.16 bits per heavy atom. The van der Waals surface area contributed by atoms with E-state index in [9.17, 15) is 0 Å². The highest BCUT2D eigenvalue weighted by atomic mass is 79.9. The van der Waals surface area contributed by atoms with Gasteiger partial charge >= 0.3 is 0 Å². The molecular formula is C14H22BrN3S. The maximum Gasteiger partial charge on any atom is 0.0510 e. The maximum absolute atomic E-state index is 3.78. The van der Waals surface area contributed by atoms with Crippen LogP contribution in [0.2, 0.25) is 0 Å². The Kier molecular flexibility index (Phi) is 4.59. The predicted molar refractivity (Wildman–Crippen MR) is 84.9 cm³/mol. The van der Waals surface area contributed by atoms with Gasteiger partial charge in [0.1, 0.15) is 0 Å². The summed E-state index contributed by atoms with van der Waals surface area (Å²) in [5.74, 6) is 0. The van der Waals surface area contributed by atoms with Crippen LogP contribution < -0.4 is 5.32 Å². The third kappa shape index (κ3) is 2.90. The van der Waals surface area contributed by atoms with Crippen molar-refractivity contribution in [1.29, 1.82) is 0 Å². The van der Waals surface area contributed by atoms with E-state index in [4.69, 9.17) is 0 Å². The molecule has 0 aromatic carbocycles.